The van der Waals surface area contributed by atoms with Crippen molar-refractivity contribution < 1.29 is 56.9 Å². The van der Waals surface area contributed by atoms with E-state index >= 15 is 0 Å². The molecule has 106 valence electrons. The number of hydrogen-bond donors (Lipinski definition) is 0. The number of methoxy groups -OCH3 is 1. The smallest absolute Gasteiger partial charge is 0.742 e. The van der Waals surface area contributed by atoms with Crippen LogP contribution in [0.2, 0.25) is 0 Å². The molecule has 0 saturated carbocycles. The van der Waals surface area contributed by atoms with Gasteiger partial charge >= 0.3 is 35.5 Å². The zero-order chi connectivity index (χ0) is 15.9. The molecule has 0 unspecified atom stereocenters. The standard InChI is InChI=1S/C4H6O4S.C4H6O2.C3H3N.Na/c1-2-3-4(5)9(6,7)8;1-3-4(5)6-2;1-2-3-4;/h2-3H,1H3,(H,6,7,8);3H,1H2,2H3;2H,1H2;/q;;;+1/p-1. The van der Waals surface area contributed by atoms with Crippen molar-refractivity contribution in [2.45, 2.75) is 6.92 Å². The van der Waals surface area contributed by atoms with Gasteiger partial charge in [0, 0.05) is 12.2 Å². The Hall–Kier alpha value is -1.24. The molecule has 7 nitrogen and oxygen atoms in total. The van der Waals surface area contributed by atoms with Crippen molar-refractivity contribution in [1.82, 2.24) is 0 Å². The average molecular weight is 311 g/mol. The molecular weight excluding hydrogens is 297 g/mol. The first-order valence-electron chi connectivity index (χ1n) is 4.54. The maximum Gasteiger partial charge on any atom is 1.00 e. The number of nitriles is 1. The van der Waals surface area contributed by atoms with Crippen LogP contribution in [0.3, 0.4) is 0 Å². The third-order valence-electron chi connectivity index (χ3n) is 1.01. The van der Waals surface area contributed by atoms with Crippen molar-refractivity contribution in [3.05, 3.63) is 37.5 Å². The molecule has 9 heteroatoms. The fraction of sp³-hybridized carbons (Fsp3) is 0.182. The van der Waals surface area contributed by atoms with Gasteiger partial charge in [0.15, 0.2) is 10.1 Å². The number of nitrogens with zero attached hydrogens (tertiary/aromatic N) is 1. The molecule has 0 aliphatic heterocycles. The minimum atomic E-state index is -4.74. The number of allylic oxidation sites excluding steroid dienone is 2. The summed E-state index contributed by atoms with van der Waals surface area (Å²) in [6.45, 7) is 7.72. The molecule has 0 aromatic heterocycles. The van der Waals surface area contributed by atoms with Crippen LogP contribution < -0.4 is 29.6 Å². The molecule has 0 bridgehead atoms. The van der Waals surface area contributed by atoms with Crippen molar-refractivity contribution in [2.24, 2.45) is 0 Å². The molecule has 0 aromatic carbocycles. The summed E-state index contributed by atoms with van der Waals surface area (Å²) in [4.78, 5) is 19.9. The monoisotopic (exact) mass is 311 g/mol. The number of carbonyl (C=O) groups excluding carboxylic acids is 2. The Bertz CT molecular complexity index is 476. The van der Waals surface area contributed by atoms with Crippen molar-refractivity contribution in [1.29, 1.82) is 5.26 Å². The van der Waals surface area contributed by atoms with Gasteiger partial charge in [0.05, 0.1) is 13.2 Å². The van der Waals surface area contributed by atoms with E-state index in [4.69, 9.17) is 5.26 Å². The van der Waals surface area contributed by atoms with E-state index in [9.17, 15) is 22.6 Å². The molecule has 0 aliphatic carbocycles. The van der Waals surface area contributed by atoms with Gasteiger partial charge in [-0.1, -0.05) is 19.2 Å². The Morgan fingerprint density at radius 1 is 1.35 bits per heavy atom. The molecule has 0 saturated heterocycles. The molecule has 0 aromatic rings. The van der Waals surface area contributed by atoms with Crippen LogP contribution in [0.1, 0.15) is 6.92 Å². The quantitative estimate of drug-likeness (QED) is 0.184. The fourth-order valence-corrected chi connectivity index (χ4v) is 0.605. The van der Waals surface area contributed by atoms with Gasteiger partial charge in [-0.15, -0.1) is 0 Å². The summed E-state index contributed by atoms with van der Waals surface area (Å²) in [5.74, 6) is -0.394. The van der Waals surface area contributed by atoms with E-state index in [1.807, 2.05) is 0 Å². The van der Waals surface area contributed by atoms with Gasteiger partial charge < -0.3 is 9.29 Å². The maximum atomic E-state index is 10.1. The summed E-state index contributed by atoms with van der Waals surface area (Å²) in [6, 6.07) is 1.69. The number of esters is 1. The van der Waals surface area contributed by atoms with Crippen molar-refractivity contribution in [3.63, 3.8) is 0 Å². The van der Waals surface area contributed by atoms with E-state index in [2.05, 4.69) is 17.9 Å². The number of ether oxygens (including phenoxy) is 1. The van der Waals surface area contributed by atoms with Crippen LogP contribution in [0.5, 0.6) is 0 Å². The summed E-state index contributed by atoms with van der Waals surface area (Å²) >= 11 is 0. The summed E-state index contributed by atoms with van der Waals surface area (Å²) in [5, 5.41) is 6.11. The fourth-order valence-electron chi connectivity index (χ4n) is 0.303. The van der Waals surface area contributed by atoms with E-state index < -0.39 is 21.2 Å². The van der Waals surface area contributed by atoms with Gasteiger partial charge in [0.25, 0.3) is 5.12 Å². The Labute approximate surface area is 140 Å². The SMILES string of the molecule is C=CC#N.C=CC(=O)OC.CC=CC(=O)S(=O)(=O)[O-].[Na+]. The first-order chi connectivity index (χ1) is 8.70. The van der Waals surface area contributed by atoms with Gasteiger partial charge in [0.1, 0.15) is 0 Å². The molecule has 0 N–H and O–H groups in total. The molecule has 0 atom stereocenters. The van der Waals surface area contributed by atoms with Gasteiger partial charge in [-0.3, -0.25) is 4.79 Å². The molecule has 0 heterocycles. The van der Waals surface area contributed by atoms with Crippen LogP contribution in [0, 0.1) is 11.3 Å². The molecule has 0 rings (SSSR count). The van der Waals surface area contributed by atoms with E-state index in [-0.39, 0.29) is 29.6 Å². The zero-order valence-corrected chi connectivity index (χ0v) is 14.3. The van der Waals surface area contributed by atoms with Crippen LogP contribution in [-0.2, 0) is 24.4 Å². The van der Waals surface area contributed by atoms with Crippen LogP contribution in [0.25, 0.3) is 0 Å². The summed E-state index contributed by atoms with van der Waals surface area (Å²) < 4.78 is 33.4. The first-order valence-corrected chi connectivity index (χ1v) is 5.95. The van der Waals surface area contributed by atoms with Gasteiger partial charge in [0.2, 0.25) is 0 Å². The molecule has 0 amide bonds. The van der Waals surface area contributed by atoms with E-state index in [1.165, 1.54) is 26.2 Å². The third-order valence-corrected chi connectivity index (χ3v) is 1.64. The van der Waals surface area contributed by atoms with Crippen LogP contribution >= 0.6 is 0 Å². The topological polar surface area (TPSA) is 124 Å². The normalized spacial score (nSPS) is 8.30. The van der Waals surface area contributed by atoms with Crippen LogP contribution in [-0.4, -0.2) is 31.2 Å². The maximum absolute atomic E-state index is 10.1. The molecule has 20 heavy (non-hydrogen) atoms. The summed E-state index contributed by atoms with van der Waals surface area (Å²) in [7, 11) is -3.43. The van der Waals surface area contributed by atoms with E-state index in [1.54, 1.807) is 6.07 Å². The molecule has 0 aliphatic rings. The summed E-state index contributed by atoms with van der Waals surface area (Å²) in [6.07, 6.45) is 4.19. The predicted octanol–water partition coefficient (Wildman–Crippen LogP) is -2.32. The van der Waals surface area contributed by atoms with Gasteiger partial charge in [-0.25, -0.2) is 13.2 Å². The first kappa shape index (κ1) is 27.2. The number of hydrogen-bond acceptors (Lipinski definition) is 7. The average Bonchev–Trinajstić information content (AvgIpc) is 2.38. The second kappa shape index (κ2) is 17.8. The summed E-state index contributed by atoms with van der Waals surface area (Å²) in [5.41, 5.74) is 0. The molecule has 0 spiro atoms. The number of carbonyl (C=O) groups is 2. The predicted molar refractivity (Wildman–Crippen MR) is 67.5 cm³/mol. The van der Waals surface area contributed by atoms with Crippen molar-refractivity contribution >= 4 is 21.2 Å². The number of rotatable bonds is 2. The minimum absolute atomic E-state index is 0. The van der Waals surface area contributed by atoms with Gasteiger partial charge in [-0.05, 0) is 13.0 Å². The Kier molecular flexibility index (Phi) is 24.1. The minimum Gasteiger partial charge on any atom is -0.742 e. The Morgan fingerprint density at radius 2 is 1.75 bits per heavy atom. The second-order valence-electron chi connectivity index (χ2n) is 2.33. The molecular formula is C11H14NNaO6S. The van der Waals surface area contributed by atoms with Crippen molar-refractivity contribution in [3.8, 4) is 6.07 Å². The van der Waals surface area contributed by atoms with Crippen molar-refractivity contribution in [2.75, 3.05) is 7.11 Å². The Balaban J connectivity index is -0.000000102. The third kappa shape index (κ3) is 25.6. The molecule has 0 fully saturated rings. The Morgan fingerprint density at radius 3 is 1.80 bits per heavy atom. The zero-order valence-electron chi connectivity index (χ0n) is 11.5. The van der Waals surface area contributed by atoms with E-state index in [0.717, 1.165) is 6.08 Å². The molecule has 0 radical (unpaired) electrons. The van der Waals surface area contributed by atoms with Crippen LogP contribution in [0.4, 0.5) is 0 Å². The second-order valence-corrected chi connectivity index (χ2v) is 3.64. The van der Waals surface area contributed by atoms with Gasteiger partial charge in [-0.2, -0.15) is 5.26 Å². The van der Waals surface area contributed by atoms with Crippen LogP contribution in [0.15, 0.2) is 37.5 Å². The largest absolute Gasteiger partial charge is 1.00 e. The van der Waals surface area contributed by atoms with E-state index in [0.29, 0.717) is 6.08 Å².